The number of methoxy groups -OCH3 is 1. The van der Waals surface area contributed by atoms with Crippen LogP contribution in [0.25, 0.3) is 0 Å². The van der Waals surface area contributed by atoms with Crippen molar-refractivity contribution < 1.29 is 19.1 Å². The second-order valence-electron chi connectivity index (χ2n) is 4.98. The third-order valence-electron chi connectivity index (χ3n) is 3.24. The van der Waals surface area contributed by atoms with Crippen molar-refractivity contribution in [2.75, 3.05) is 12.4 Å². The lowest BCUT2D eigenvalue weighted by molar-refractivity contribution is -0.122. The van der Waals surface area contributed by atoms with Crippen LogP contribution in [0.1, 0.15) is 17.3 Å². The van der Waals surface area contributed by atoms with Crippen LogP contribution in [-0.2, 0) is 4.79 Å². The van der Waals surface area contributed by atoms with Gasteiger partial charge in [-0.25, -0.2) is 0 Å². The third-order valence-corrected chi connectivity index (χ3v) is 3.48. The Bertz CT molecular complexity index is 747. The number of hydrogen-bond acceptors (Lipinski definition) is 4. The molecule has 0 aliphatic heterocycles. The second kappa shape index (κ2) is 7.70. The number of rotatable bonds is 6. The van der Waals surface area contributed by atoms with E-state index < -0.39 is 12.0 Å². The number of hydrogen-bond donors (Lipinski definition) is 2. The van der Waals surface area contributed by atoms with Crippen LogP contribution >= 0.6 is 11.6 Å². The molecule has 2 amide bonds. The molecule has 2 aromatic rings. The smallest absolute Gasteiger partial charge is 0.265 e. The van der Waals surface area contributed by atoms with Crippen molar-refractivity contribution in [2.24, 2.45) is 5.73 Å². The molecule has 0 aliphatic rings. The summed E-state index contributed by atoms with van der Waals surface area (Å²) in [7, 11) is 1.50. The number of primary amides is 1. The lowest BCUT2D eigenvalue weighted by Gasteiger charge is -2.16. The Morgan fingerprint density at radius 3 is 2.42 bits per heavy atom. The predicted molar refractivity (Wildman–Crippen MR) is 91.7 cm³/mol. The first kappa shape index (κ1) is 17.6. The summed E-state index contributed by atoms with van der Waals surface area (Å²) in [6, 6.07) is 11.1. The Hall–Kier alpha value is -2.73. The first-order valence-corrected chi connectivity index (χ1v) is 7.49. The molecule has 6 nitrogen and oxygen atoms in total. The fraction of sp³-hybridized carbons (Fsp3) is 0.176. The first-order chi connectivity index (χ1) is 11.4. The molecule has 1 unspecified atom stereocenters. The van der Waals surface area contributed by atoms with Crippen LogP contribution in [0.5, 0.6) is 11.5 Å². The van der Waals surface area contributed by atoms with E-state index in [2.05, 4.69) is 5.32 Å². The number of carbonyl (C=O) groups excluding carboxylic acids is 2. The highest BCUT2D eigenvalue weighted by Gasteiger charge is 2.17. The first-order valence-electron chi connectivity index (χ1n) is 7.11. The zero-order valence-corrected chi connectivity index (χ0v) is 14.0. The number of anilines is 1. The highest BCUT2D eigenvalue weighted by molar-refractivity contribution is 6.31. The van der Waals surface area contributed by atoms with Gasteiger partial charge in [-0.1, -0.05) is 11.6 Å². The molecule has 0 heterocycles. The highest BCUT2D eigenvalue weighted by Crippen LogP contribution is 2.28. The topological polar surface area (TPSA) is 90.7 Å². The summed E-state index contributed by atoms with van der Waals surface area (Å²) in [5.41, 5.74) is 5.99. The van der Waals surface area contributed by atoms with E-state index in [0.717, 1.165) is 0 Å². The van der Waals surface area contributed by atoms with Crippen molar-refractivity contribution in [3.8, 4) is 11.5 Å². The summed E-state index contributed by atoms with van der Waals surface area (Å²) in [4.78, 5) is 23.3. The fourth-order valence-electron chi connectivity index (χ4n) is 1.97. The molecular formula is C17H17ClN2O4. The van der Waals surface area contributed by atoms with Gasteiger partial charge in [-0.15, -0.1) is 0 Å². The Kier molecular flexibility index (Phi) is 5.65. The number of carbonyl (C=O) groups is 2. The van der Waals surface area contributed by atoms with Gasteiger partial charge in [0.2, 0.25) is 5.91 Å². The minimum absolute atomic E-state index is 0.364. The zero-order valence-electron chi connectivity index (χ0n) is 13.2. The number of nitrogens with two attached hydrogens (primary N) is 1. The molecule has 1 atom stereocenters. The molecule has 7 heteroatoms. The summed E-state index contributed by atoms with van der Waals surface area (Å²) < 4.78 is 10.7. The van der Waals surface area contributed by atoms with Crippen molar-refractivity contribution >= 4 is 29.1 Å². The minimum Gasteiger partial charge on any atom is -0.495 e. The van der Waals surface area contributed by atoms with E-state index in [4.69, 9.17) is 26.8 Å². The summed E-state index contributed by atoms with van der Waals surface area (Å²) in [6.07, 6.45) is -0.770. The van der Waals surface area contributed by atoms with E-state index in [1.807, 2.05) is 0 Å². The highest BCUT2D eigenvalue weighted by atomic mass is 35.5. The molecule has 0 saturated carbocycles. The van der Waals surface area contributed by atoms with Crippen molar-refractivity contribution in [1.29, 1.82) is 0 Å². The van der Waals surface area contributed by atoms with E-state index in [-0.39, 0.29) is 5.91 Å². The molecule has 0 fully saturated rings. The molecule has 0 bridgehead atoms. The van der Waals surface area contributed by atoms with E-state index >= 15 is 0 Å². The molecule has 2 rings (SSSR count). The monoisotopic (exact) mass is 348 g/mol. The van der Waals surface area contributed by atoms with Crippen LogP contribution in [0.15, 0.2) is 42.5 Å². The molecule has 0 spiro atoms. The van der Waals surface area contributed by atoms with Crippen LogP contribution in [0.3, 0.4) is 0 Å². The Morgan fingerprint density at radius 2 is 1.83 bits per heavy atom. The van der Waals surface area contributed by atoms with Gasteiger partial charge < -0.3 is 20.5 Å². The van der Waals surface area contributed by atoms with Gasteiger partial charge in [0.1, 0.15) is 11.5 Å². The number of ether oxygens (including phenoxy) is 2. The van der Waals surface area contributed by atoms with Crippen LogP contribution in [0, 0.1) is 0 Å². The molecule has 3 N–H and O–H groups in total. The number of benzene rings is 2. The normalized spacial score (nSPS) is 11.5. The molecular weight excluding hydrogens is 332 g/mol. The molecule has 0 radical (unpaired) electrons. The summed E-state index contributed by atoms with van der Waals surface area (Å²) in [5.74, 6) is 0.0430. The minimum atomic E-state index is -0.770. The maximum Gasteiger partial charge on any atom is 0.265 e. The van der Waals surface area contributed by atoms with Crippen molar-refractivity contribution in [3.05, 3.63) is 53.1 Å². The van der Waals surface area contributed by atoms with Crippen LogP contribution < -0.4 is 20.5 Å². The number of amides is 2. The Labute approximate surface area is 144 Å². The standard InChI is InChI=1S/C17H17ClN2O4/c1-10(24-13-6-3-11(4-7-13)16(19)21)17(22)20-14-9-12(18)5-8-15(14)23-2/h3-10H,1-2H3,(H2,19,21)(H,20,22). The molecule has 0 saturated heterocycles. The summed E-state index contributed by atoms with van der Waals surface area (Å²) in [5, 5.41) is 3.18. The Balaban J connectivity index is 2.04. The van der Waals surface area contributed by atoms with E-state index in [9.17, 15) is 9.59 Å². The molecule has 2 aromatic carbocycles. The average Bonchev–Trinajstić information content (AvgIpc) is 2.55. The largest absolute Gasteiger partial charge is 0.495 e. The van der Waals surface area contributed by atoms with E-state index in [0.29, 0.717) is 27.8 Å². The molecule has 24 heavy (non-hydrogen) atoms. The van der Waals surface area contributed by atoms with Gasteiger partial charge in [-0.3, -0.25) is 9.59 Å². The van der Waals surface area contributed by atoms with E-state index in [1.165, 1.54) is 19.2 Å². The van der Waals surface area contributed by atoms with Crippen molar-refractivity contribution in [2.45, 2.75) is 13.0 Å². The van der Waals surface area contributed by atoms with Crippen LogP contribution in [0.2, 0.25) is 5.02 Å². The van der Waals surface area contributed by atoms with Crippen molar-refractivity contribution in [3.63, 3.8) is 0 Å². The molecule has 0 aromatic heterocycles. The van der Waals surface area contributed by atoms with E-state index in [1.54, 1.807) is 37.3 Å². The lowest BCUT2D eigenvalue weighted by Crippen LogP contribution is -2.30. The SMILES string of the molecule is COc1ccc(Cl)cc1NC(=O)C(C)Oc1ccc(C(N)=O)cc1. The van der Waals surface area contributed by atoms with Gasteiger partial charge in [-0.2, -0.15) is 0 Å². The maximum atomic E-state index is 12.3. The van der Waals surface area contributed by atoms with Gasteiger partial charge >= 0.3 is 0 Å². The average molecular weight is 349 g/mol. The van der Waals surface area contributed by atoms with Gasteiger partial charge in [0, 0.05) is 10.6 Å². The number of nitrogens with one attached hydrogen (secondary N) is 1. The van der Waals surface area contributed by atoms with Gasteiger partial charge in [-0.05, 0) is 49.4 Å². The molecule has 126 valence electrons. The van der Waals surface area contributed by atoms with Gasteiger partial charge in [0.15, 0.2) is 6.10 Å². The zero-order chi connectivity index (χ0) is 17.7. The predicted octanol–water partition coefficient (Wildman–Crippen LogP) is 2.85. The van der Waals surface area contributed by atoms with Gasteiger partial charge in [0.05, 0.1) is 12.8 Å². The Morgan fingerprint density at radius 1 is 1.17 bits per heavy atom. The maximum absolute atomic E-state index is 12.3. The lowest BCUT2D eigenvalue weighted by atomic mass is 10.2. The van der Waals surface area contributed by atoms with Crippen LogP contribution in [-0.4, -0.2) is 25.0 Å². The second-order valence-corrected chi connectivity index (χ2v) is 5.42. The van der Waals surface area contributed by atoms with Crippen LogP contribution in [0.4, 0.5) is 5.69 Å². The fourth-order valence-corrected chi connectivity index (χ4v) is 2.14. The number of halogens is 1. The summed E-state index contributed by atoms with van der Waals surface area (Å²) >= 11 is 5.93. The summed E-state index contributed by atoms with van der Waals surface area (Å²) in [6.45, 7) is 1.61. The van der Waals surface area contributed by atoms with Gasteiger partial charge in [0.25, 0.3) is 5.91 Å². The quantitative estimate of drug-likeness (QED) is 0.839. The third kappa shape index (κ3) is 4.39. The molecule has 0 aliphatic carbocycles. The van der Waals surface area contributed by atoms with Crippen molar-refractivity contribution in [1.82, 2.24) is 0 Å².